The molecule has 0 aromatic carbocycles. The van der Waals surface area contributed by atoms with Crippen LogP contribution in [0.15, 0.2) is 0 Å². The number of hydrogen-bond donors (Lipinski definition) is 1. The van der Waals surface area contributed by atoms with Crippen molar-refractivity contribution in [2.24, 2.45) is 17.6 Å². The van der Waals surface area contributed by atoms with Crippen molar-refractivity contribution in [2.45, 2.75) is 33.6 Å². The van der Waals surface area contributed by atoms with E-state index in [9.17, 15) is 9.59 Å². The van der Waals surface area contributed by atoms with Crippen molar-refractivity contribution in [1.29, 1.82) is 0 Å². The molecular formula is C14H27N3O2. The van der Waals surface area contributed by atoms with Crippen LogP contribution in [0.2, 0.25) is 0 Å². The van der Waals surface area contributed by atoms with E-state index in [-0.39, 0.29) is 23.7 Å². The van der Waals surface area contributed by atoms with Crippen LogP contribution in [0.1, 0.15) is 33.6 Å². The van der Waals surface area contributed by atoms with E-state index in [0.29, 0.717) is 26.1 Å². The molecule has 2 amide bonds. The Morgan fingerprint density at radius 2 is 1.68 bits per heavy atom. The fraction of sp³-hybridized carbons (Fsp3) is 0.857. The molecule has 1 fully saturated rings. The van der Waals surface area contributed by atoms with E-state index in [4.69, 9.17) is 5.73 Å². The highest BCUT2D eigenvalue weighted by Gasteiger charge is 2.27. The van der Waals surface area contributed by atoms with Gasteiger partial charge in [-0.05, 0) is 12.3 Å². The highest BCUT2D eigenvalue weighted by molar-refractivity contribution is 5.80. The minimum atomic E-state index is -0.103. The van der Waals surface area contributed by atoms with Crippen molar-refractivity contribution in [3.05, 3.63) is 0 Å². The Hall–Kier alpha value is -1.10. The van der Waals surface area contributed by atoms with Crippen LogP contribution in [-0.2, 0) is 9.59 Å². The molecule has 2 N–H and O–H groups in total. The number of carbonyl (C=O) groups excluding carboxylic acids is 2. The highest BCUT2D eigenvalue weighted by atomic mass is 16.2. The monoisotopic (exact) mass is 269 g/mol. The third-order valence-electron chi connectivity index (χ3n) is 3.84. The fourth-order valence-electron chi connectivity index (χ4n) is 2.50. The molecule has 1 atom stereocenters. The molecule has 1 unspecified atom stereocenters. The maximum Gasteiger partial charge on any atom is 0.227 e. The third-order valence-corrected chi connectivity index (χ3v) is 3.84. The first-order valence-corrected chi connectivity index (χ1v) is 7.27. The normalized spacial score (nSPS) is 18.4. The van der Waals surface area contributed by atoms with Gasteiger partial charge in [-0.2, -0.15) is 0 Å². The summed E-state index contributed by atoms with van der Waals surface area (Å²) < 4.78 is 0. The average Bonchev–Trinajstić information content (AvgIpc) is 2.63. The second kappa shape index (κ2) is 7.48. The molecular weight excluding hydrogens is 242 g/mol. The average molecular weight is 269 g/mol. The zero-order valence-corrected chi connectivity index (χ0v) is 12.4. The van der Waals surface area contributed by atoms with Crippen molar-refractivity contribution in [3.8, 4) is 0 Å². The predicted octanol–water partition coefficient (Wildman–Crippen LogP) is 0.688. The summed E-state index contributed by atoms with van der Waals surface area (Å²) in [7, 11) is 0. The Morgan fingerprint density at radius 3 is 2.21 bits per heavy atom. The van der Waals surface area contributed by atoms with Crippen LogP contribution < -0.4 is 5.73 Å². The van der Waals surface area contributed by atoms with Crippen molar-refractivity contribution < 1.29 is 9.59 Å². The van der Waals surface area contributed by atoms with Gasteiger partial charge in [-0.3, -0.25) is 9.59 Å². The van der Waals surface area contributed by atoms with Gasteiger partial charge in [0.2, 0.25) is 11.8 Å². The van der Waals surface area contributed by atoms with Gasteiger partial charge in [0, 0.05) is 39.1 Å². The molecule has 1 rings (SSSR count). The van der Waals surface area contributed by atoms with Crippen molar-refractivity contribution in [1.82, 2.24) is 9.80 Å². The maximum atomic E-state index is 12.4. The van der Waals surface area contributed by atoms with Gasteiger partial charge in [-0.1, -0.05) is 20.8 Å². The van der Waals surface area contributed by atoms with E-state index in [1.54, 1.807) is 0 Å². The minimum Gasteiger partial charge on any atom is -0.341 e. The lowest BCUT2D eigenvalue weighted by Gasteiger charge is -2.27. The zero-order valence-electron chi connectivity index (χ0n) is 12.4. The first-order chi connectivity index (χ1) is 9.01. The lowest BCUT2D eigenvalue weighted by molar-refractivity contribution is -0.137. The predicted molar refractivity (Wildman–Crippen MR) is 75.5 cm³/mol. The van der Waals surface area contributed by atoms with Gasteiger partial charge < -0.3 is 15.5 Å². The largest absolute Gasteiger partial charge is 0.341 e. The molecule has 19 heavy (non-hydrogen) atoms. The topological polar surface area (TPSA) is 66.6 Å². The van der Waals surface area contributed by atoms with Crippen LogP contribution in [-0.4, -0.2) is 54.3 Å². The van der Waals surface area contributed by atoms with Crippen LogP contribution in [0.3, 0.4) is 0 Å². The lowest BCUT2D eigenvalue weighted by atomic mass is 9.94. The quantitative estimate of drug-likeness (QED) is 0.816. The van der Waals surface area contributed by atoms with E-state index >= 15 is 0 Å². The zero-order chi connectivity index (χ0) is 14.4. The summed E-state index contributed by atoms with van der Waals surface area (Å²) >= 11 is 0. The van der Waals surface area contributed by atoms with Crippen LogP contribution in [0.25, 0.3) is 0 Å². The second-order valence-corrected chi connectivity index (χ2v) is 5.50. The molecule has 1 saturated heterocycles. The molecule has 0 radical (unpaired) electrons. The van der Waals surface area contributed by atoms with Gasteiger partial charge in [0.05, 0.1) is 5.92 Å². The van der Waals surface area contributed by atoms with Crippen LogP contribution in [0, 0.1) is 11.8 Å². The van der Waals surface area contributed by atoms with E-state index in [0.717, 1.165) is 19.5 Å². The van der Waals surface area contributed by atoms with Gasteiger partial charge in [0.15, 0.2) is 0 Å². The SMILES string of the molecule is CCC(=O)N1CCCN(C(=O)C(CN)C(C)C)CC1. The Labute approximate surface area is 116 Å². The maximum absolute atomic E-state index is 12.4. The molecule has 5 nitrogen and oxygen atoms in total. The lowest BCUT2D eigenvalue weighted by Crippen LogP contribution is -2.43. The number of hydrogen-bond acceptors (Lipinski definition) is 3. The Bertz CT molecular complexity index is 318. The number of rotatable bonds is 4. The Kier molecular flexibility index (Phi) is 6.28. The standard InChI is InChI=1S/C14H27N3O2/c1-4-13(18)16-6-5-7-17(9-8-16)14(19)12(10-15)11(2)3/h11-12H,4-10,15H2,1-3H3. The molecule has 0 bridgehead atoms. The highest BCUT2D eigenvalue weighted by Crippen LogP contribution is 2.15. The van der Waals surface area contributed by atoms with Crippen LogP contribution in [0.5, 0.6) is 0 Å². The van der Waals surface area contributed by atoms with Gasteiger partial charge in [0.1, 0.15) is 0 Å². The summed E-state index contributed by atoms with van der Waals surface area (Å²) in [5.74, 6) is 0.472. The molecule has 110 valence electrons. The summed E-state index contributed by atoms with van der Waals surface area (Å²) in [4.78, 5) is 27.8. The van der Waals surface area contributed by atoms with Gasteiger partial charge in [-0.15, -0.1) is 0 Å². The van der Waals surface area contributed by atoms with Gasteiger partial charge in [0.25, 0.3) is 0 Å². The third kappa shape index (κ3) is 4.20. The van der Waals surface area contributed by atoms with Gasteiger partial charge >= 0.3 is 0 Å². The second-order valence-electron chi connectivity index (χ2n) is 5.50. The summed E-state index contributed by atoms with van der Waals surface area (Å²) in [5.41, 5.74) is 5.71. The van der Waals surface area contributed by atoms with Crippen molar-refractivity contribution in [2.75, 3.05) is 32.7 Å². The van der Waals surface area contributed by atoms with E-state index < -0.39 is 0 Å². The number of nitrogens with zero attached hydrogens (tertiary/aromatic N) is 2. The van der Waals surface area contributed by atoms with Gasteiger partial charge in [-0.25, -0.2) is 0 Å². The van der Waals surface area contributed by atoms with Crippen LogP contribution >= 0.6 is 0 Å². The summed E-state index contributed by atoms with van der Waals surface area (Å²) in [5, 5.41) is 0. The molecule has 0 aromatic heterocycles. The number of carbonyl (C=O) groups is 2. The molecule has 1 aliphatic rings. The van der Waals surface area contributed by atoms with Crippen molar-refractivity contribution >= 4 is 11.8 Å². The molecule has 0 saturated carbocycles. The fourth-order valence-corrected chi connectivity index (χ4v) is 2.50. The molecule has 0 aliphatic carbocycles. The summed E-state index contributed by atoms with van der Waals surface area (Å²) in [6, 6.07) is 0. The number of amides is 2. The molecule has 1 aliphatic heterocycles. The Balaban J connectivity index is 2.61. The van der Waals surface area contributed by atoms with E-state index in [1.165, 1.54) is 0 Å². The van der Waals surface area contributed by atoms with E-state index in [2.05, 4.69) is 0 Å². The minimum absolute atomic E-state index is 0.103. The first kappa shape index (κ1) is 16.0. The molecule has 0 aromatic rings. The summed E-state index contributed by atoms with van der Waals surface area (Å²) in [6.45, 7) is 9.09. The smallest absolute Gasteiger partial charge is 0.227 e. The first-order valence-electron chi connectivity index (χ1n) is 7.27. The number of nitrogens with two attached hydrogens (primary N) is 1. The molecule has 5 heteroatoms. The van der Waals surface area contributed by atoms with E-state index in [1.807, 2.05) is 30.6 Å². The summed E-state index contributed by atoms with van der Waals surface area (Å²) in [6.07, 6.45) is 1.39. The van der Waals surface area contributed by atoms with Crippen molar-refractivity contribution in [3.63, 3.8) is 0 Å². The molecule has 1 heterocycles. The Morgan fingerprint density at radius 1 is 1.11 bits per heavy atom. The molecule has 0 spiro atoms. The van der Waals surface area contributed by atoms with Crippen LogP contribution in [0.4, 0.5) is 0 Å².